The smallest absolute Gasteiger partial charge is 0.244 e. The Balaban J connectivity index is 1.63. The highest BCUT2D eigenvalue weighted by Crippen LogP contribution is 2.13. The fourth-order valence-corrected chi connectivity index (χ4v) is 2.80. The van der Waals surface area contributed by atoms with Crippen LogP contribution in [0.2, 0.25) is 0 Å². The van der Waals surface area contributed by atoms with Crippen molar-refractivity contribution in [2.24, 2.45) is 5.10 Å². The lowest BCUT2D eigenvalue weighted by Gasteiger charge is -2.04. The third-order valence-corrected chi connectivity index (χ3v) is 4.27. The summed E-state index contributed by atoms with van der Waals surface area (Å²) < 4.78 is 14.8. The molecule has 0 radical (unpaired) electrons. The molecule has 5 nitrogen and oxygen atoms in total. The Kier molecular flexibility index (Phi) is 5.76. The minimum Gasteiger partial charge on any atom is -0.273 e. The molecule has 0 spiro atoms. The highest BCUT2D eigenvalue weighted by atomic mass is 19.1. The zero-order chi connectivity index (χ0) is 19.2. The van der Waals surface area contributed by atoms with E-state index in [0.717, 1.165) is 22.5 Å². The fraction of sp³-hybridized carbons (Fsp3) is 0.190. The predicted molar refractivity (Wildman–Crippen MR) is 103 cm³/mol. The number of halogens is 1. The Bertz CT molecular complexity index is 946. The molecular weight excluding hydrogens is 343 g/mol. The standard InChI is InChI=1S/C21H21FN4O/c1-15-20(16(2)26(25-15)14-18-6-4-3-5-7-18)13-23-24-21(27)12-17-8-10-19(22)11-9-17/h3-11,13H,12,14H2,1-2H3,(H,24,27)/b23-13+. The molecule has 0 saturated heterocycles. The van der Waals surface area contributed by atoms with E-state index in [1.54, 1.807) is 18.3 Å². The minimum atomic E-state index is -0.323. The van der Waals surface area contributed by atoms with Crippen molar-refractivity contribution < 1.29 is 9.18 Å². The van der Waals surface area contributed by atoms with E-state index in [0.29, 0.717) is 6.54 Å². The van der Waals surface area contributed by atoms with Crippen LogP contribution in [-0.4, -0.2) is 21.9 Å². The molecule has 0 aliphatic heterocycles. The largest absolute Gasteiger partial charge is 0.273 e. The van der Waals surface area contributed by atoms with Crippen LogP contribution in [0.15, 0.2) is 59.7 Å². The molecule has 1 heterocycles. The van der Waals surface area contributed by atoms with Crippen LogP contribution in [0.3, 0.4) is 0 Å². The molecule has 0 saturated carbocycles. The maximum Gasteiger partial charge on any atom is 0.244 e. The second-order valence-corrected chi connectivity index (χ2v) is 6.32. The predicted octanol–water partition coefficient (Wildman–Crippen LogP) is 3.38. The van der Waals surface area contributed by atoms with E-state index >= 15 is 0 Å². The van der Waals surface area contributed by atoms with Gasteiger partial charge in [-0.25, -0.2) is 9.82 Å². The first-order chi connectivity index (χ1) is 13.0. The minimum absolute atomic E-state index is 0.142. The molecule has 138 valence electrons. The van der Waals surface area contributed by atoms with Gasteiger partial charge in [-0.15, -0.1) is 0 Å². The topological polar surface area (TPSA) is 59.3 Å². The van der Waals surface area contributed by atoms with E-state index in [4.69, 9.17) is 0 Å². The fourth-order valence-electron chi connectivity index (χ4n) is 2.80. The summed E-state index contributed by atoms with van der Waals surface area (Å²) in [6.45, 7) is 4.57. The van der Waals surface area contributed by atoms with E-state index in [2.05, 4.69) is 27.8 Å². The average molecular weight is 364 g/mol. The summed E-state index contributed by atoms with van der Waals surface area (Å²) in [7, 11) is 0. The van der Waals surface area contributed by atoms with Crippen molar-refractivity contribution in [2.75, 3.05) is 0 Å². The van der Waals surface area contributed by atoms with Gasteiger partial charge in [-0.2, -0.15) is 10.2 Å². The molecule has 0 bridgehead atoms. The van der Waals surface area contributed by atoms with Crippen LogP contribution in [0.5, 0.6) is 0 Å². The van der Waals surface area contributed by atoms with Crippen LogP contribution in [-0.2, 0) is 17.8 Å². The number of nitrogens with zero attached hydrogens (tertiary/aromatic N) is 3. The van der Waals surface area contributed by atoms with Crippen molar-refractivity contribution in [1.29, 1.82) is 0 Å². The first kappa shape index (κ1) is 18.5. The molecule has 1 N–H and O–H groups in total. The third kappa shape index (κ3) is 4.88. The maximum atomic E-state index is 12.9. The second kappa shape index (κ2) is 8.40. The molecule has 1 aromatic heterocycles. The van der Waals surface area contributed by atoms with Crippen molar-refractivity contribution in [3.63, 3.8) is 0 Å². The molecule has 1 amide bonds. The molecule has 0 fully saturated rings. The van der Waals surface area contributed by atoms with Gasteiger partial charge in [0.05, 0.1) is 24.9 Å². The monoisotopic (exact) mass is 364 g/mol. The summed E-state index contributed by atoms with van der Waals surface area (Å²) in [4.78, 5) is 12.0. The third-order valence-electron chi connectivity index (χ3n) is 4.27. The van der Waals surface area contributed by atoms with Gasteiger partial charge in [-0.3, -0.25) is 9.48 Å². The lowest BCUT2D eigenvalue weighted by Crippen LogP contribution is -2.19. The number of carbonyl (C=O) groups excluding carboxylic acids is 1. The summed E-state index contributed by atoms with van der Waals surface area (Å²) in [5, 5.41) is 8.60. The molecule has 27 heavy (non-hydrogen) atoms. The molecule has 0 unspecified atom stereocenters. The van der Waals surface area contributed by atoms with Gasteiger partial charge in [-0.05, 0) is 37.1 Å². The van der Waals surface area contributed by atoms with E-state index < -0.39 is 0 Å². The number of aryl methyl sites for hydroxylation is 1. The number of hydrogen-bond donors (Lipinski definition) is 1. The van der Waals surface area contributed by atoms with Crippen LogP contribution in [0.1, 0.15) is 28.1 Å². The van der Waals surface area contributed by atoms with Crippen LogP contribution in [0.4, 0.5) is 4.39 Å². The summed E-state index contributed by atoms with van der Waals surface area (Å²) >= 11 is 0. The van der Waals surface area contributed by atoms with Crippen LogP contribution >= 0.6 is 0 Å². The SMILES string of the molecule is Cc1nn(Cc2ccccc2)c(C)c1/C=N/NC(=O)Cc1ccc(F)cc1. The highest BCUT2D eigenvalue weighted by molar-refractivity contribution is 5.85. The molecule has 0 aliphatic carbocycles. The average Bonchev–Trinajstić information content (AvgIpc) is 2.92. The Morgan fingerprint density at radius 3 is 2.52 bits per heavy atom. The number of hydrazone groups is 1. The normalized spacial score (nSPS) is 11.1. The summed E-state index contributed by atoms with van der Waals surface area (Å²) in [5.41, 5.74) is 7.11. The Hall–Kier alpha value is -3.28. The van der Waals surface area contributed by atoms with Crippen molar-refractivity contribution in [2.45, 2.75) is 26.8 Å². The number of nitrogens with one attached hydrogen (secondary N) is 1. The molecule has 6 heteroatoms. The number of hydrogen-bond acceptors (Lipinski definition) is 3. The van der Waals surface area contributed by atoms with E-state index in [9.17, 15) is 9.18 Å². The zero-order valence-electron chi connectivity index (χ0n) is 15.3. The van der Waals surface area contributed by atoms with Crippen LogP contribution in [0.25, 0.3) is 0 Å². The van der Waals surface area contributed by atoms with Crippen LogP contribution < -0.4 is 5.43 Å². The number of rotatable bonds is 6. The van der Waals surface area contributed by atoms with Crippen molar-refractivity contribution in [3.05, 3.63) is 88.5 Å². The van der Waals surface area contributed by atoms with Crippen LogP contribution in [0, 0.1) is 19.7 Å². The van der Waals surface area contributed by atoms with Gasteiger partial charge in [0.25, 0.3) is 0 Å². The van der Waals surface area contributed by atoms with Gasteiger partial charge in [0.2, 0.25) is 5.91 Å². The number of amides is 1. The molecule has 3 rings (SSSR count). The second-order valence-electron chi connectivity index (χ2n) is 6.32. The van der Waals surface area contributed by atoms with E-state index in [-0.39, 0.29) is 18.1 Å². The van der Waals surface area contributed by atoms with Crippen molar-refractivity contribution in [1.82, 2.24) is 15.2 Å². The number of aromatic nitrogens is 2. The van der Waals surface area contributed by atoms with Crippen molar-refractivity contribution >= 4 is 12.1 Å². The lowest BCUT2D eigenvalue weighted by atomic mass is 10.1. The van der Waals surface area contributed by atoms with Gasteiger partial charge in [0.15, 0.2) is 0 Å². The molecular formula is C21H21FN4O. The first-order valence-corrected chi connectivity index (χ1v) is 8.67. The lowest BCUT2D eigenvalue weighted by molar-refractivity contribution is -0.120. The van der Waals surface area contributed by atoms with Gasteiger partial charge in [0.1, 0.15) is 5.82 Å². The Morgan fingerprint density at radius 2 is 1.81 bits per heavy atom. The van der Waals surface area contributed by atoms with Gasteiger partial charge in [0, 0.05) is 11.3 Å². The summed E-state index contributed by atoms with van der Waals surface area (Å²) in [6.07, 6.45) is 1.75. The van der Waals surface area contributed by atoms with Gasteiger partial charge >= 0.3 is 0 Å². The van der Waals surface area contributed by atoms with E-state index in [1.807, 2.05) is 36.7 Å². The summed E-state index contributed by atoms with van der Waals surface area (Å²) in [6, 6.07) is 15.9. The quantitative estimate of drug-likeness (QED) is 0.538. The molecule has 0 atom stereocenters. The molecule has 0 aliphatic rings. The highest BCUT2D eigenvalue weighted by Gasteiger charge is 2.10. The van der Waals surface area contributed by atoms with E-state index in [1.165, 1.54) is 17.7 Å². The number of benzene rings is 2. The van der Waals surface area contributed by atoms with Gasteiger partial charge in [-0.1, -0.05) is 42.5 Å². The zero-order valence-corrected chi connectivity index (χ0v) is 15.3. The first-order valence-electron chi connectivity index (χ1n) is 8.67. The Morgan fingerprint density at radius 1 is 1.11 bits per heavy atom. The summed E-state index contributed by atoms with van der Waals surface area (Å²) in [5.74, 6) is -0.583. The molecule has 2 aromatic carbocycles. The number of carbonyl (C=O) groups is 1. The van der Waals surface area contributed by atoms with Crippen molar-refractivity contribution in [3.8, 4) is 0 Å². The molecule has 3 aromatic rings. The van der Waals surface area contributed by atoms with Gasteiger partial charge < -0.3 is 0 Å². The maximum absolute atomic E-state index is 12.9. The Labute approximate surface area is 157 Å².